The number of rotatable bonds is 4. The van der Waals surface area contributed by atoms with E-state index in [4.69, 9.17) is 4.42 Å². The van der Waals surface area contributed by atoms with Gasteiger partial charge in [0.25, 0.3) is 0 Å². The average Bonchev–Trinajstić information content (AvgIpc) is 2.85. The van der Waals surface area contributed by atoms with Crippen molar-refractivity contribution in [3.8, 4) is 0 Å². The normalized spacial score (nSPS) is 18.9. The zero-order chi connectivity index (χ0) is 17.3. The molecular formula is C15H21F3N2O3. The second kappa shape index (κ2) is 6.52. The zero-order valence-electron chi connectivity index (χ0n) is 13.2. The summed E-state index contributed by atoms with van der Waals surface area (Å²) in [6, 6.07) is 3.58. The number of furan rings is 1. The van der Waals surface area contributed by atoms with Crippen LogP contribution in [0.4, 0.5) is 13.2 Å². The van der Waals surface area contributed by atoms with Crippen LogP contribution in [0.2, 0.25) is 0 Å². The molecule has 23 heavy (non-hydrogen) atoms. The van der Waals surface area contributed by atoms with Gasteiger partial charge in [0.15, 0.2) is 5.60 Å². The van der Waals surface area contributed by atoms with E-state index in [1.807, 2.05) is 0 Å². The van der Waals surface area contributed by atoms with E-state index in [1.54, 1.807) is 31.0 Å². The topological polar surface area (TPSA) is 56.9 Å². The maximum atomic E-state index is 12.7. The van der Waals surface area contributed by atoms with Gasteiger partial charge in [-0.1, -0.05) is 0 Å². The molecule has 0 radical (unpaired) electrons. The lowest BCUT2D eigenvalue weighted by Gasteiger charge is -2.39. The number of hydrogen-bond acceptors (Lipinski definition) is 4. The van der Waals surface area contributed by atoms with E-state index in [2.05, 4.69) is 0 Å². The Morgan fingerprint density at radius 3 is 2.48 bits per heavy atom. The van der Waals surface area contributed by atoms with Crippen LogP contribution in [0.25, 0.3) is 0 Å². The molecule has 1 fully saturated rings. The van der Waals surface area contributed by atoms with Crippen molar-refractivity contribution in [2.75, 3.05) is 26.7 Å². The van der Waals surface area contributed by atoms with Crippen molar-refractivity contribution in [2.24, 2.45) is 0 Å². The molecule has 0 spiro atoms. The molecule has 0 saturated carbocycles. The first-order valence-corrected chi connectivity index (χ1v) is 7.41. The molecule has 2 heterocycles. The SMILES string of the molecule is Cc1ccc(CN(C)C(=O)CN2CCC(O)(C(F)(F)F)CC2)o1. The summed E-state index contributed by atoms with van der Waals surface area (Å²) in [5, 5.41) is 9.61. The number of aryl methyl sites for hydroxylation is 1. The van der Waals surface area contributed by atoms with E-state index >= 15 is 0 Å². The summed E-state index contributed by atoms with van der Waals surface area (Å²) in [5.41, 5.74) is -2.63. The van der Waals surface area contributed by atoms with E-state index in [9.17, 15) is 23.1 Å². The molecule has 2 rings (SSSR count). The summed E-state index contributed by atoms with van der Waals surface area (Å²) in [7, 11) is 1.62. The molecular weight excluding hydrogens is 313 g/mol. The summed E-state index contributed by atoms with van der Waals surface area (Å²) < 4.78 is 43.6. The molecule has 0 atom stereocenters. The van der Waals surface area contributed by atoms with Gasteiger partial charge in [-0.2, -0.15) is 13.2 Å². The Balaban J connectivity index is 1.82. The smallest absolute Gasteiger partial charge is 0.417 e. The lowest BCUT2D eigenvalue weighted by atomic mass is 9.91. The van der Waals surface area contributed by atoms with E-state index < -0.39 is 24.6 Å². The number of alkyl halides is 3. The molecule has 1 aromatic heterocycles. The molecule has 1 aliphatic heterocycles. The third-order valence-corrected chi connectivity index (χ3v) is 4.18. The fourth-order valence-electron chi connectivity index (χ4n) is 2.57. The summed E-state index contributed by atoms with van der Waals surface area (Å²) in [4.78, 5) is 15.2. The van der Waals surface area contributed by atoms with Crippen LogP contribution in [0, 0.1) is 6.92 Å². The lowest BCUT2D eigenvalue weighted by molar-refractivity contribution is -0.272. The molecule has 0 aliphatic carbocycles. The number of aliphatic hydroxyl groups is 1. The molecule has 130 valence electrons. The molecule has 0 bridgehead atoms. The van der Waals surface area contributed by atoms with Gasteiger partial charge in [-0.05, 0) is 31.9 Å². The van der Waals surface area contributed by atoms with Crippen LogP contribution in [0.1, 0.15) is 24.4 Å². The molecule has 0 aromatic carbocycles. The fourth-order valence-corrected chi connectivity index (χ4v) is 2.57. The number of hydrogen-bond donors (Lipinski definition) is 1. The minimum absolute atomic E-state index is 0.0319. The summed E-state index contributed by atoms with van der Waals surface area (Å²) in [6.07, 6.45) is -5.45. The third kappa shape index (κ3) is 4.26. The van der Waals surface area contributed by atoms with Crippen LogP contribution in [-0.4, -0.2) is 59.3 Å². The minimum Gasteiger partial charge on any atom is -0.464 e. The number of carbonyl (C=O) groups excluding carboxylic acids is 1. The molecule has 5 nitrogen and oxygen atoms in total. The number of halogens is 3. The fraction of sp³-hybridized carbons (Fsp3) is 0.667. The van der Waals surface area contributed by atoms with Gasteiger partial charge in [-0.25, -0.2) is 0 Å². The highest BCUT2D eigenvalue weighted by Crippen LogP contribution is 2.38. The van der Waals surface area contributed by atoms with Crippen molar-refractivity contribution < 1.29 is 27.5 Å². The first kappa shape index (κ1) is 17.8. The molecule has 1 aliphatic rings. The zero-order valence-corrected chi connectivity index (χ0v) is 13.2. The van der Waals surface area contributed by atoms with Gasteiger partial charge in [0.05, 0.1) is 13.1 Å². The number of likely N-dealkylation sites (tertiary alicyclic amines) is 1. The molecule has 1 aromatic rings. The van der Waals surface area contributed by atoms with Crippen LogP contribution in [0.5, 0.6) is 0 Å². The predicted molar refractivity (Wildman–Crippen MR) is 76.6 cm³/mol. The number of nitrogens with zero attached hydrogens (tertiary/aromatic N) is 2. The van der Waals surface area contributed by atoms with E-state index in [0.717, 1.165) is 5.76 Å². The highest BCUT2D eigenvalue weighted by atomic mass is 19.4. The maximum Gasteiger partial charge on any atom is 0.417 e. The van der Waals surface area contributed by atoms with Crippen LogP contribution >= 0.6 is 0 Å². The Morgan fingerprint density at radius 1 is 1.39 bits per heavy atom. The van der Waals surface area contributed by atoms with Crippen molar-refractivity contribution >= 4 is 5.91 Å². The standard InChI is InChI=1S/C15H21F3N2O3/c1-11-3-4-12(23-11)9-19(2)13(21)10-20-7-5-14(22,6-8-20)15(16,17)18/h3-4,22H,5-10H2,1-2H3. The summed E-state index contributed by atoms with van der Waals surface area (Å²) >= 11 is 0. The molecule has 1 amide bonds. The van der Waals surface area contributed by atoms with E-state index in [1.165, 1.54) is 4.90 Å². The second-order valence-corrected chi connectivity index (χ2v) is 6.07. The van der Waals surface area contributed by atoms with Gasteiger partial charge < -0.3 is 14.4 Å². The summed E-state index contributed by atoms with van der Waals surface area (Å²) in [5.74, 6) is 1.21. The van der Waals surface area contributed by atoms with Crippen LogP contribution < -0.4 is 0 Å². The predicted octanol–water partition coefficient (Wildman–Crippen LogP) is 1.94. The first-order chi connectivity index (χ1) is 10.6. The highest BCUT2D eigenvalue weighted by molar-refractivity contribution is 5.77. The van der Waals surface area contributed by atoms with Crippen molar-refractivity contribution in [1.29, 1.82) is 0 Å². The monoisotopic (exact) mass is 334 g/mol. The van der Waals surface area contributed by atoms with Crippen LogP contribution in [0.15, 0.2) is 16.5 Å². The van der Waals surface area contributed by atoms with Gasteiger partial charge in [0, 0.05) is 20.1 Å². The van der Waals surface area contributed by atoms with Gasteiger partial charge in [0.1, 0.15) is 11.5 Å². The minimum atomic E-state index is -4.63. The molecule has 0 unspecified atom stereocenters. The Labute approximate surface area is 132 Å². The van der Waals surface area contributed by atoms with Gasteiger partial charge in [0.2, 0.25) is 5.91 Å². The number of carbonyl (C=O) groups is 1. The molecule has 1 N–H and O–H groups in total. The summed E-state index contributed by atoms with van der Waals surface area (Å²) in [6.45, 7) is 2.23. The largest absolute Gasteiger partial charge is 0.464 e. The quantitative estimate of drug-likeness (QED) is 0.914. The number of likely N-dealkylation sites (N-methyl/N-ethyl adjacent to an activating group) is 1. The Bertz CT molecular complexity index is 548. The van der Waals surface area contributed by atoms with Crippen molar-refractivity contribution in [2.45, 2.75) is 38.1 Å². The lowest BCUT2D eigenvalue weighted by Crippen LogP contribution is -2.54. The van der Waals surface area contributed by atoms with Crippen molar-refractivity contribution in [3.63, 3.8) is 0 Å². The van der Waals surface area contributed by atoms with E-state index in [-0.39, 0.29) is 25.5 Å². The molecule has 8 heteroatoms. The first-order valence-electron chi connectivity index (χ1n) is 7.41. The van der Waals surface area contributed by atoms with Gasteiger partial charge in [-0.15, -0.1) is 0 Å². The van der Waals surface area contributed by atoms with Crippen molar-refractivity contribution in [3.05, 3.63) is 23.7 Å². The maximum absolute atomic E-state index is 12.7. The van der Waals surface area contributed by atoms with E-state index in [0.29, 0.717) is 12.3 Å². The average molecular weight is 334 g/mol. The van der Waals surface area contributed by atoms with Crippen molar-refractivity contribution in [1.82, 2.24) is 9.80 Å². The third-order valence-electron chi connectivity index (χ3n) is 4.18. The van der Waals surface area contributed by atoms with Gasteiger partial charge in [-0.3, -0.25) is 9.69 Å². The number of piperidine rings is 1. The van der Waals surface area contributed by atoms with Crippen LogP contribution in [-0.2, 0) is 11.3 Å². The van der Waals surface area contributed by atoms with Gasteiger partial charge >= 0.3 is 6.18 Å². The Kier molecular flexibility index (Phi) is 5.05. The highest BCUT2D eigenvalue weighted by Gasteiger charge is 2.54. The number of amides is 1. The Morgan fingerprint density at radius 2 is 2.00 bits per heavy atom. The second-order valence-electron chi connectivity index (χ2n) is 6.07. The van der Waals surface area contributed by atoms with Crippen LogP contribution in [0.3, 0.4) is 0 Å². The Hall–Kier alpha value is -1.54. The molecule has 1 saturated heterocycles.